The van der Waals surface area contributed by atoms with Gasteiger partial charge in [0.2, 0.25) is 5.82 Å². The van der Waals surface area contributed by atoms with E-state index in [1.54, 1.807) is 0 Å². The SMILES string of the molecule is CC(C)CN(CC(C)C)c1cc(N)nc(C(F)(F)F)n1. The lowest BCUT2D eigenvalue weighted by molar-refractivity contribution is -0.144. The van der Waals surface area contributed by atoms with Crippen molar-refractivity contribution < 1.29 is 13.2 Å². The number of nitrogens with two attached hydrogens (primary N) is 1. The molecule has 0 bridgehead atoms. The number of hydrogen-bond donors (Lipinski definition) is 1. The van der Waals surface area contributed by atoms with Crippen LogP contribution in [0.15, 0.2) is 6.07 Å². The molecule has 0 saturated carbocycles. The van der Waals surface area contributed by atoms with Crippen LogP contribution in [-0.4, -0.2) is 23.1 Å². The Balaban J connectivity index is 3.15. The highest BCUT2D eigenvalue weighted by Gasteiger charge is 2.35. The summed E-state index contributed by atoms with van der Waals surface area (Å²) >= 11 is 0. The Morgan fingerprint density at radius 1 is 1.10 bits per heavy atom. The maximum absolute atomic E-state index is 12.7. The lowest BCUT2D eigenvalue weighted by Gasteiger charge is -2.28. The second kappa shape index (κ2) is 6.28. The van der Waals surface area contributed by atoms with Gasteiger partial charge >= 0.3 is 6.18 Å². The summed E-state index contributed by atoms with van der Waals surface area (Å²) in [5, 5.41) is 0. The molecule has 0 unspecified atom stereocenters. The van der Waals surface area contributed by atoms with Gasteiger partial charge in [0.25, 0.3) is 0 Å². The van der Waals surface area contributed by atoms with Gasteiger partial charge < -0.3 is 10.6 Å². The van der Waals surface area contributed by atoms with E-state index in [1.165, 1.54) is 6.07 Å². The number of rotatable bonds is 5. The van der Waals surface area contributed by atoms with Crippen LogP contribution in [0.1, 0.15) is 33.5 Å². The van der Waals surface area contributed by atoms with E-state index in [0.717, 1.165) is 0 Å². The van der Waals surface area contributed by atoms with Gasteiger partial charge in [-0.1, -0.05) is 27.7 Å². The van der Waals surface area contributed by atoms with E-state index >= 15 is 0 Å². The van der Waals surface area contributed by atoms with E-state index in [0.29, 0.717) is 24.9 Å². The lowest BCUT2D eigenvalue weighted by Crippen LogP contribution is -2.32. The largest absolute Gasteiger partial charge is 0.451 e. The summed E-state index contributed by atoms with van der Waals surface area (Å²) in [4.78, 5) is 8.70. The van der Waals surface area contributed by atoms with E-state index in [4.69, 9.17) is 5.73 Å². The highest BCUT2D eigenvalue weighted by Crippen LogP contribution is 2.29. The van der Waals surface area contributed by atoms with Crippen molar-refractivity contribution in [3.05, 3.63) is 11.9 Å². The predicted molar refractivity (Wildman–Crippen MR) is 73.3 cm³/mol. The molecule has 1 rings (SSSR count). The zero-order chi connectivity index (χ0) is 15.5. The van der Waals surface area contributed by atoms with Crippen LogP contribution in [0.25, 0.3) is 0 Å². The molecule has 0 amide bonds. The third-order valence-electron chi connectivity index (χ3n) is 2.48. The Morgan fingerprint density at radius 2 is 1.60 bits per heavy atom. The Bertz CT molecular complexity index is 434. The van der Waals surface area contributed by atoms with Crippen LogP contribution in [0.2, 0.25) is 0 Å². The van der Waals surface area contributed by atoms with Gasteiger partial charge in [0.15, 0.2) is 0 Å². The molecule has 0 aromatic carbocycles. The average Bonchev–Trinajstić information content (AvgIpc) is 2.24. The first-order chi connectivity index (χ1) is 9.09. The van der Waals surface area contributed by atoms with Crippen LogP contribution in [0.3, 0.4) is 0 Å². The summed E-state index contributed by atoms with van der Waals surface area (Å²) in [6.07, 6.45) is -4.59. The van der Waals surface area contributed by atoms with E-state index in [-0.39, 0.29) is 11.6 Å². The Kier molecular flexibility index (Phi) is 5.19. The number of nitrogens with zero attached hydrogens (tertiary/aromatic N) is 3. The summed E-state index contributed by atoms with van der Waals surface area (Å²) < 4.78 is 38.2. The quantitative estimate of drug-likeness (QED) is 0.904. The molecule has 0 atom stereocenters. The first-order valence-electron chi connectivity index (χ1n) is 6.56. The molecule has 7 heteroatoms. The smallest absolute Gasteiger partial charge is 0.384 e. The highest BCUT2D eigenvalue weighted by molar-refractivity contribution is 5.47. The fourth-order valence-electron chi connectivity index (χ4n) is 1.88. The molecule has 1 heterocycles. The Morgan fingerprint density at radius 3 is 2.00 bits per heavy atom. The minimum absolute atomic E-state index is 0.167. The molecule has 0 aliphatic rings. The molecular weight excluding hydrogens is 269 g/mol. The molecule has 1 aromatic heterocycles. The van der Waals surface area contributed by atoms with Gasteiger partial charge in [0, 0.05) is 19.2 Å². The van der Waals surface area contributed by atoms with Crippen molar-refractivity contribution in [2.45, 2.75) is 33.9 Å². The van der Waals surface area contributed by atoms with Gasteiger partial charge in [-0.25, -0.2) is 9.97 Å². The second-order valence-corrected chi connectivity index (χ2v) is 5.67. The average molecular weight is 290 g/mol. The molecule has 114 valence electrons. The number of alkyl halides is 3. The molecule has 20 heavy (non-hydrogen) atoms. The number of nitrogen functional groups attached to an aromatic ring is 1. The molecule has 4 nitrogen and oxygen atoms in total. The topological polar surface area (TPSA) is 55.0 Å². The van der Waals surface area contributed by atoms with Crippen LogP contribution in [0, 0.1) is 11.8 Å². The third-order valence-corrected chi connectivity index (χ3v) is 2.48. The van der Waals surface area contributed by atoms with Gasteiger partial charge in [-0.3, -0.25) is 0 Å². The van der Waals surface area contributed by atoms with Gasteiger partial charge in [0.1, 0.15) is 11.6 Å². The minimum atomic E-state index is -4.59. The summed E-state index contributed by atoms with van der Waals surface area (Å²) in [5.74, 6) is -0.518. The fourth-order valence-corrected chi connectivity index (χ4v) is 1.88. The van der Waals surface area contributed by atoms with Crippen molar-refractivity contribution in [3.63, 3.8) is 0 Å². The van der Waals surface area contributed by atoms with Crippen molar-refractivity contribution in [2.24, 2.45) is 11.8 Å². The summed E-state index contributed by atoms with van der Waals surface area (Å²) in [6, 6.07) is 1.39. The third kappa shape index (κ3) is 4.86. The van der Waals surface area contributed by atoms with Crippen LogP contribution in [0.5, 0.6) is 0 Å². The summed E-state index contributed by atoms with van der Waals surface area (Å²) in [5.41, 5.74) is 5.48. The molecule has 0 radical (unpaired) electrons. The number of aromatic nitrogens is 2. The van der Waals surface area contributed by atoms with Gasteiger partial charge in [-0.05, 0) is 11.8 Å². The van der Waals surface area contributed by atoms with Crippen LogP contribution in [-0.2, 0) is 6.18 Å². The molecule has 1 aromatic rings. The van der Waals surface area contributed by atoms with Crippen LogP contribution in [0.4, 0.5) is 24.8 Å². The lowest BCUT2D eigenvalue weighted by atomic mass is 10.1. The summed E-state index contributed by atoms with van der Waals surface area (Å²) in [6.45, 7) is 9.24. The molecule has 0 fully saturated rings. The fraction of sp³-hybridized carbons (Fsp3) is 0.692. The van der Waals surface area contributed by atoms with Crippen molar-refractivity contribution in [2.75, 3.05) is 23.7 Å². The van der Waals surface area contributed by atoms with Crippen LogP contribution < -0.4 is 10.6 Å². The standard InChI is InChI=1S/C13H21F3N4/c1-8(2)6-20(7-9(3)4)11-5-10(17)18-12(19-11)13(14,15)16/h5,8-9H,6-7H2,1-4H3,(H2,17,18,19). The molecule has 0 saturated heterocycles. The van der Waals surface area contributed by atoms with Gasteiger partial charge in [-0.15, -0.1) is 0 Å². The van der Waals surface area contributed by atoms with E-state index in [9.17, 15) is 13.2 Å². The van der Waals surface area contributed by atoms with Gasteiger partial charge in [-0.2, -0.15) is 13.2 Å². The monoisotopic (exact) mass is 290 g/mol. The molecule has 0 aliphatic heterocycles. The van der Waals surface area contributed by atoms with Crippen LogP contribution >= 0.6 is 0 Å². The predicted octanol–water partition coefficient (Wildman–Crippen LogP) is 3.20. The van der Waals surface area contributed by atoms with E-state index in [2.05, 4.69) is 9.97 Å². The number of anilines is 2. The first-order valence-corrected chi connectivity index (χ1v) is 6.56. The summed E-state index contributed by atoms with van der Waals surface area (Å²) in [7, 11) is 0. The molecular formula is C13H21F3N4. The van der Waals surface area contributed by atoms with Crippen molar-refractivity contribution in [3.8, 4) is 0 Å². The van der Waals surface area contributed by atoms with E-state index < -0.39 is 12.0 Å². The normalized spacial score (nSPS) is 12.2. The zero-order valence-corrected chi connectivity index (χ0v) is 12.2. The van der Waals surface area contributed by atoms with Crippen molar-refractivity contribution >= 4 is 11.6 Å². The number of halogens is 3. The van der Waals surface area contributed by atoms with Crippen molar-refractivity contribution in [1.29, 1.82) is 0 Å². The Hall–Kier alpha value is -1.53. The molecule has 0 spiro atoms. The molecule has 0 aliphatic carbocycles. The molecule has 2 N–H and O–H groups in total. The maximum Gasteiger partial charge on any atom is 0.451 e. The van der Waals surface area contributed by atoms with Gasteiger partial charge in [0.05, 0.1) is 0 Å². The maximum atomic E-state index is 12.7. The minimum Gasteiger partial charge on any atom is -0.384 e. The highest BCUT2D eigenvalue weighted by atomic mass is 19.4. The zero-order valence-electron chi connectivity index (χ0n) is 12.2. The second-order valence-electron chi connectivity index (χ2n) is 5.67. The number of hydrogen-bond acceptors (Lipinski definition) is 4. The van der Waals surface area contributed by atoms with Crippen molar-refractivity contribution in [1.82, 2.24) is 9.97 Å². The van der Waals surface area contributed by atoms with E-state index in [1.807, 2.05) is 32.6 Å². The first kappa shape index (κ1) is 16.5. The Labute approximate surface area is 117 Å².